The van der Waals surface area contributed by atoms with E-state index in [0.717, 1.165) is 53.7 Å². The van der Waals surface area contributed by atoms with Crippen molar-refractivity contribution in [3.8, 4) is 5.75 Å². The van der Waals surface area contributed by atoms with E-state index in [9.17, 15) is 0 Å². The lowest BCUT2D eigenvalue weighted by atomic mass is 10.1. The maximum atomic E-state index is 6.16. The van der Waals surface area contributed by atoms with Gasteiger partial charge in [0.25, 0.3) is 0 Å². The molecule has 0 saturated carbocycles. The molecule has 0 fully saturated rings. The molecule has 1 unspecified atom stereocenters. The summed E-state index contributed by atoms with van der Waals surface area (Å²) in [6, 6.07) is 5.82. The lowest BCUT2D eigenvalue weighted by molar-refractivity contribution is 0.189. The lowest BCUT2D eigenvalue weighted by Crippen LogP contribution is -2.39. The van der Waals surface area contributed by atoms with Crippen LogP contribution in [0.25, 0.3) is 0 Å². The van der Waals surface area contributed by atoms with Gasteiger partial charge < -0.3 is 19.9 Å². The molecule has 0 spiro atoms. The number of para-hydroxylation sites is 1. The first-order chi connectivity index (χ1) is 10.1. The van der Waals surface area contributed by atoms with Crippen molar-refractivity contribution in [2.24, 2.45) is 0 Å². The van der Waals surface area contributed by atoms with Crippen LogP contribution in [0.5, 0.6) is 5.75 Å². The minimum atomic E-state index is 0.180. The van der Waals surface area contributed by atoms with E-state index >= 15 is 0 Å². The summed E-state index contributed by atoms with van der Waals surface area (Å²) in [5.74, 6) is 1.72. The van der Waals surface area contributed by atoms with Gasteiger partial charge in [-0.3, -0.25) is 0 Å². The first-order valence-electron chi connectivity index (χ1n) is 7.32. The van der Waals surface area contributed by atoms with E-state index in [-0.39, 0.29) is 6.10 Å². The van der Waals surface area contributed by atoms with Crippen molar-refractivity contribution in [2.45, 2.75) is 39.8 Å². The monoisotopic (exact) mass is 287 g/mol. The predicted molar refractivity (Wildman–Crippen MR) is 82.6 cm³/mol. The van der Waals surface area contributed by atoms with Crippen molar-refractivity contribution in [1.82, 2.24) is 5.16 Å². The molecule has 0 radical (unpaired) electrons. The number of rotatable bonds is 3. The third-order valence-corrected chi connectivity index (χ3v) is 4.05. The van der Waals surface area contributed by atoms with E-state index in [1.165, 1.54) is 0 Å². The smallest absolute Gasteiger partial charge is 0.145 e. The fourth-order valence-corrected chi connectivity index (χ4v) is 2.80. The number of hydrogen-bond donors (Lipinski definition) is 1. The zero-order chi connectivity index (χ0) is 15.0. The summed E-state index contributed by atoms with van der Waals surface area (Å²) in [6.45, 7) is 7.61. The molecule has 2 N–H and O–H groups in total. The van der Waals surface area contributed by atoms with Crippen LogP contribution in [0.1, 0.15) is 30.4 Å². The average molecular weight is 287 g/mol. The van der Waals surface area contributed by atoms with Crippen molar-refractivity contribution in [2.75, 3.05) is 17.2 Å². The SMILES string of the molecule is CCC1CN(Cc2c(C)noc2C)c2c(N)cccc2O1. The maximum absolute atomic E-state index is 6.16. The van der Waals surface area contributed by atoms with Crippen LogP contribution >= 0.6 is 0 Å². The van der Waals surface area contributed by atoms with Gasteiger partial charge in [0.1, 0.15) is 23.3 Å². The molecule has 2 heterocycles. The van der Waals surface area contributed by atoms with Gasteiger partial charge in [0.05, 0.1) is 17.9 Å². The fourth-order valence-electron chi connectivity index (χ4n) is 2.80. The Hall–Kier alpha value is -2.17. The van der Waals surface area contributed by atoms with E-state index in [1.54, 1.807) is 0 Å². The van der Waals surface area contributed by atoms with Crippen LogP contribution in [0.4, 0.5) is 11.4 Å². The van der Waals surface area contributed by atoms with Gasteiger partial charge in [-0.25, -0.2) is 0 Å². The molecule has 112 valence electrons. The maximum Gasteiger partial charge on any atom is 0.145 e. The molecule has 2 aromatic rings. The molecule has 3 rings (SSSR count). The quantitative estimate of drug-likeness (QED) is 0.879. The molecule has 1 aromatic carbocycles. The molecular formula is C16H21N3O2. The summed E-state index contributed by atoms with van der Waals surface area (Å²) < 4.78 is 11.3. The van der Waals surface area contributed by atoms with Crippen LogP contribution in [0.2, 0.25) is 0 Å². The van der Waals surface area contributed by atoms with Crippen LogP contribution in [0.15, 0.2) is 22.7 Å². The van der Waals surface area contributed by atoms with Gasteiger partial charge in [-0.15, -0.1) is 0 Å². The van der Waals surface area contributed by atoms with Crippen molar-refractivity contribution < 1.29 is 9.26 Å². The van der Waals surface area contributed by atoms with Gasteiger partial charge in [0.15, 0.2) is 0 Å². The highest BCUT2D eigenvalue weighted by molar-refractivity contribution is 5.75. The van der Waals surface area contributed by atoms with Crippen molar-refractivity contribution in [3.63, 3.8) is 0 Å². The molecular weight excluding hydrogens is 266 g/mol. The Morgan fingerprint density at radius 3 is 2.86 bits per heavy atom. The molecule has 1 aliphatic heterocycles. The molecule has 5 nitrogen and oxygen atoms in total. The van der Waals surface area contributed by atoms with Gasteiger partial charge in [-0.2, -0.15) is 0 Å². The van der Waals surface area contributed by atoms with Crippen LogP contribution in [0.3, 0.4) is 0 Å². The molecule has 0 amide bonds. The van der Waals surface area contributed by atoms with Crippen LogP contribution in [-0.4, -0.2) is 17.8 Å². The summed E-state index contributed by atoms with van der Waals surface area (Å²) in [5, 5.41) is 4.04. The predicted octanol–water partition coefficient (Wildman–Crippen LogP) is 3.05. The largest absolute Gasteiger partial charge is 0.486 e. The van der Waals surface area contributed by atoms with E-state index in [2.05, 4.69) is 17.0 Å². The number of anilines is 2. The van der Waals surface area contributed by atoms with Gasteiger partial charge in [-0.1, -0.05) is 18.1 Å². The number of ether oxygens (including phenoxy) is 1. The van der Waals surface area contributed by atoms with Crippen LogP contribution in [-0.2, 0) is 6.54 Å². The van der Waals surface area contributed by atoms with E-state index in [0.29, 0.717) is 0 Å². The molecule has 1 aliphatic rings. The number of nitrogens with zero attached hydrogens (tertiary/aromatic N) is 2. The zero-order valence-corrected chi connectivity index (χ0v) is 12.7. The number of aryl methyl sites for hydroxylation is 2. The van der Waals surface area contributed by atoms with E-state index in [4.69, 9.17) is 15.0 Å². The molecule has 0 aliphatic carbocycles. The van der Waals surface area contributed by atoms with E-state index < -0.39 is 0 Å². The van der Waals surface area contributed by atoms with Gasteiger partial charge >= 0.3 is 0 Å². The first kappa shape index (κ1) is 13.8. The Kier molecular flexibility index (Phi) is 3.49. The molecule has 5 heteroatoms. The van der Waals surface area contributed by atoms with Crippen LogP contribution < -0.4 is 15.4 Å². The summed E-state index contributed by atoms with van der Waals surface area (Å²) >= 11 is 0. The Morgan fingerprint density at radius 2 is 2.19 bits per heavy atom. The van der Waals surface area contributed by atoms with Crippen molar-refractivity contribution in [3.05, 3.63) is 35.2 Å². The summed E-state index contributed by atoms with van der Waals surface area (Å²) in [6.07, 6.45) is 1.14. The fraction of sp³-hybridized carbons (Fsp3) is 0.438. The minimum Gasteiger partial charge on any atom is -0.486 e. The highest BCUT2D eigenvalue weighted by Crippen LogP contribution is 2.39. The van der Waals surface area contributed by atoms with Gasteiger partial charge in [-0.05, 0) is 32.4 Å². The lowest BCUT2D eigenvalue weighted by Gasteiger charge is -2.36. The number of hydrogen-bond acceptors (Lipinski definition) is 5. The summed E-state index contributed by atoms with van der Waals surface area (Å²) in [7, 11) is 0. The molecule has 0 bridgehead atoms. The Balaban J connectivity index is 1.98. The second-order valence-electron chi connectivity index (χ2n) is 5.53. The Morgan fingerprint density at radius 1 is 1.38 bits per heavy atom. The minimum absolute atomic E-state index is 0.180. The van der Waals surface area contributed by atoms with Gasteiger partial charge in [0, 0.05) is 12.1 Å². The third kappa shape index (κ3) is 2.44. The van der Waals surface area contributed by atoms with Crippen molar-refractivity contribution in [1.29, 1.82) is 0 Å². The highest BCUT2D eigenvalue weighted by atomic mass is 16.5. The Labute approximate surface area is 124 Å². The molecule has 1 aromatic heterocycles. The topological polar surface area (TPSA) is 64.5 Å². The normalized spacial score (nSPS) is 17.5. The molecule has 0 saturated heterocycles. The number of aromatic nitrogens is 1. The van der Waals surface area contributed by atoms with Crippen molar-refractivity contribution >= 4 is 11.4 Å². The summed E-state index contributed by atoms with van der Waals surface area (Å²) in [5.41, 5.74) is 9.94. The zero-order valence-electron chi connectivity index (χ0n) is 12.7. The first-order valence-corrected chi connectivity index (χ1v) is 7.32. The standard InChI is InChI=1S/C16H21N3O2/c1-4-12-8-19(9-13-10(2)18-21-11(13)3)16-14(17)6-5-7-15(16)20-12/h5-7,12H,4,8-9,17H2,1-3H3. The van der Waals surface area contributed by atoms with Crippen LogP contribution in [0, 0.1) is 13.8 Å². The van der Waals surface area contributed by atoms with Gasteiger partial charge in [0.2, 0.25) is 0 Å². The molecule has 1 atom stereocenters. The Bertz CT molecular complexity index is 631. The number of fused-ring (bicyclic) bond motifs is 1. The highest BCUT2D eigenvalue weighted by Gasteiger charge is 2.27. The van der Waals surface area contributed by atoms with E-state index in [1.807, 2.05) is 32.0 Å². The number of benzene rings is 1. The second-order valence-corrected chi connectivity index (χ2v) is 5.53. The number of nitrogens with two attached hydrogens (primary N) is 1. The summed E-state index contributed by atoms with van der Waals surface area (Å²) in [4.78, 5) is 2.27. The second kappa shape index (κ2) is 5.31. The molecule has 21 heavy (non-hydrogen) atoms. The average Bonchev–Trinajstić information content (AvgIpc) is 2.79. The third-order valence-electron chi connectivity index (χ3n) is 4.05. The number of nitrogen functional groups attached to an aromatic ring is 1.